The van der Waals surface area contributed by atoms with Crippen molar-refractivity contribution in [2.24, 2.45) is 5.73 Å². The first-order valence-electron chi connectivity index (χ1n) is 8.23. The molecule has 0 aromatic heterocycles. The maximum atomic E-state index is 12.4. The lowest BCUT2D eigenvalue weighted by atomic mass is 10.1. The van der Waals surface area contributed by atoms with E-state index in [9.17, 15) is 14.7 Å². The Labute approximate surface area is 156 Å². The largest absolute Gasteiger partial charge is 0.373 e. The molecule has 1 atom stereocenters. The predicted molar refractivity (Wildman–Crippen MR) is 102 cm³/mol. The summed E-state index contributed by atoms with van der Waals surface area (Å²) in [6.07, 6.45) is 4.83. The van der Waals surface area contributed by atoms with Crippen molar-refractivity contribution in [1.29, 1.82) is 0 Å². The lowest BCUT2D eigenvalue weighted by Crippen LogP contribution is -2.39. The van der Waals surface area contributed by atoms with Crippen molar-refractivity contribution < 1.29 is 14.7 Å². The topological polar surface area (TPSA) is 83.6 Å². The Morgan fingerprint density at radius 1 is 1.25 bits per heavy atom. The molecule has 0 bridgehead atoms. The number of halogens is 1. The van der Waals surface area contributed by atoms with Gasteiger partial charge < -0.3 is 10.8 Å². The third-order valence-electron chi connectivity index (χ3n) is 4.01. The van der Waals surface area contributed by atoms with Gasteiger partial charge in [0.25, 0.3) is 5.91 Å². The Hall–Kier alpha value is -1.25. The first-order chi connectivity index (χ1) is 11.5. The second kappa shape index (κ2) is 9.29. The maximum absolute atomic E-state index is 12.4. The van der Waals surface area contributed by atoms with Crippen LogP contribution in [0.25, 0.3) is 6.08 Å². The van der Waals surface area contributed by atoms with E-state index in [0.717, 1.165) is 39.7 Å². The van der Waals surface area contributed by atoms with Crippen LogP contribution in [0.3, 0.4) is 0 Å². The first kappa shape index (κ1) is 19.1. The van der Waals surface area contributed by atoms with Gasteiger partial charge >= 0.3 is 0 Å². The van der Waals surface area contributed by atoms with Gasteiger partial charge in [-0.15, -0.1) is 0 Å². The highest BCUT2D eigenvalue weighted by Gasteiger charge is 2.37. The number of amides is 2. The third-order valence-corrected chi connectivity index (χ3v) is 4.68. The molecule has 1 aliphatic rings. The zero-order valence-corrected chi connectivity index (χ0v) is 15.7. The summed E-state index contributed by atoms with van der Waals surface area (Å²) in [4.78, 5) is 25.6. The smallest absolute Gasteiger partial charge is 0.259 e. The Kier molecular flexibility index (Phi) is 7.39. The fourth-order valence-corrected chi connectivity index (χ4v) is 3.32. The van der Waals surface area contributed by atoms with Crippen molar-refractivity contribution in [3.05, 3.63) is 39.0 Å². The van der Waals surface area contributed by atoms with Gasteiger partial charge in [0.05, 0.1) is 6.42 Å². The standard InChI is InChI=1S/C18H23IN2O3/c19-15-7-5-6-13(11-15)10-14-12-17(23)21(18(14)24)16(22)8-3-1-2-4-9-20/h5-7,10-11,16,22H,1-4,8-9,12,20H2/b14-10+. The SMILES string of the molecule is NCCCCCCC(O)N1C(=O)C/C(=C\c2cccc(I)c2)C1=O. The second-order valence-corrected chi connectivity index (χ2v) is 7.19. The van der Waals surface area contributed by atoms with Crippen LogP contribution < -0.4 is 5.73 Å². The van der Waals surface area contributed by atoms with E-state index in [0.29, 0.717) is 18.5 Å². The van der Waals surface area contributed by atoms with Gasteiger partial charge in [0, 0.05) is 9.14 Å². The van der Waals surface area contributed by atoms with Crippen molar-refractivity contribution in [2.45, 2.75) is 44.8 Å². The minimum Gasteiger partial charge on any atom is -0.373 e. The number of aliphatic hydroxyl groups is 1. The van der Waals surface area contributed by atoms with Crippen LogP contribution in [0.4, 0.5) is 0 Å². The molecule has 1 aromatic rings. The van der Waals surface area contributed by atoms with Gasteiger partial charge in [0.2, 0.25) is 5.91 Å². The van der Waals surface area contributed by atoms with Gasteiger partial charge in [-0.1, -0.05) is 25.0 Å². The molecule has 0 radical (unpaired) electrons. The Morgan fingerprint density at radius 2 is 2.00 bits per heavy atom. The van der Waals surface area contributed by atoms with Gasteiger partial charge in [-0.3, -0.25) is 14.5 Å². The molecule has 130 valence electrons. The van der Waals surface area contributed by atoms with Crippen LogP contribution in [0.15, 0.2) is 29.8 Å². The number of carbonyl (C=O) groups is 2. The maximum Gasteiger partial charge on any atom is 0.259 e. The molecular weight excluding hydrogens is 419 g/mol. The van der Waals surface area contributed by atoms with Crippen molar-refractivity contribution >= 4 is 40.5 Å². The van der Waals surface area contributed by atoms with Crippen LogP contribution in [0.2, 0.25) is 0 Å². The lowest BCUT2D eigenvalue weighted by molar-refractivity contribution is -0.148. The van der Waals surface area contributed by atoms with E-state index >= 15 is 0 Å². The molecule has 0 spiro atoms. The highest BCUT2D eigenvalue weighted by atomic mass is 127. The number of unbranched alkanes of at least 4 members (excludes halogenated alkanes) is 3. The summed E-state index contributed by atoms with van der Waals surface area (Å²) >= 11 is 2.20. The molecule has 24 heavy (non-hydrogen) atoms. The van der Waals surface area contributed by atoms with E-state index in [4.69, 9.17) is 5.73 Å². The molecule has 1 aromatic carbocycles. The monoisotopic (exact) mass is 442 g/mol. The predicted octanol–water partition coefficient (Wildman–Crippen LogP) is 2.66. The van der Waals surface area contributed by atoms with Gasteiger partial charge in [-0.05, 0) is 72.2 Å². The lowest BCUT2D eigenvalue weighted by Gasteiger charge is -2.20. The van der Waals surface area contributed by atoms with Crippen LogP contribution in [0, 0.1) is 3.57 Å². The molecule has 1 aliphatic heterocycles. The number of nitrogens with two attached hydrogens (primary N) is 1. The minimum atomic E-state index is -1.04. The molecule has 6 heteroatoms. The fraction of sp³-hybridized carbons (Fsp3) is 0.444. The van der Waals surface area contributed by atoms with E-state index < -0.39 is 6.23 Å². The third kappa shape index (κ3) is 5.12. The molecule has 2 amide bonds. The highest BCUT2D eigenvalue weighted by molar-refractivity contribution is 14.1. The quantitative estimate of drug-likeness (QED) is 0.281. The zero-order chi connectivity index (χ0) is 17.5. The van der Waals surface area contributed by atoms with E-state index in [2.05, 4.69) is 22.6 Å². The molecule has 5 nitrogen and oxygen atoms in total. The summed E-state index contributed by atoms with van der Waals surface area (Å²) in [6.45, 7) is 0.665. The number of benzene rings is 1. The Balaban J connectivity index is 1.98. The average molecular weight is 442 g/mol. The first-order valence-corrected chi connectivity index (χ1v) is 9.31. The number of carbonyl (C=O) groups excluding carboxylic acids is 2. The summed E-state index contributed by atoms with van der Waals surface area (Å²) in [7, 11) is 0. The minimum absolute atomic E-state index is 0.0501. The Bertz CT molecular complexity index is 630. The molecule has 1 unspecified atom stereocenters. The average Bonchev–Trinajstić information content (AvgIpc) is 2.81. The van der Waals surface area contributed by atoms with Crippen LogP contribution in [-0.4, -0.2) is 34.6 Å². The number of aliphatic hydroxyl groups excluding tert-OH is 1. The molecule has 2 rings (SSSR count). The number of hydrogen-bond acceptors (Lipinski definition) is 4. The summed E-state index contributed by atoms with van der Waals surface area (Å²) in [5, 5.41) is 10.2. The molecule has 1 saturated heterocycles. The normalized spacial score (nSPS) is 17.8. The van der Waals surface area contributed by atoms with E-state index in [1.807, 2.05) is 24.3 Å². The molecule has 1 heterocycles. The number of hydrogen-bond donors (Lipinski definition) is 2. The molecular formula is C18H23IN2O3. The summed E-state index contributed by atoms with van der Waals surface area (Å²) in [5.74, 6) is -0.709. The van der Waals surface area contributed by atoms with Gasteiger partial charge in [-0.2, -0.15) is 0 Å². The molecule has 0 saturated carbocycles. The number of imide groups is 1. The van der Waals surface area contributed by atoms with Crippen molar-refractivity contribution in [2.75, 3.05) is 6.54 Å². The highest BCUT2D eigenvalue weighted by Crippen LogP contribution is 2.25. The number of rotatable bonds is 8. The van der Waals surface area contributed by atoms with Crippen molar-refractivity contribution in [3.63, 3.8) is 0 Å². The Morgan fingerprint density at radius 3 is 2.71 bits per heavy atom. The summed E-state index contributed by atoms with van der Waals surface area (Å²) in [5.41, 5.74) is 6.76. The summed E-state index contributed by atoms with van der Waals surface area (Å²) < 4.78 is 1.06. The van der Waals surface area contributed by atoms with E-state index in [-0.39, 0.29) is 18.2 Å². The molecule has 0 aliphatic carbocycles. The van der Waals surface area contributed by atoms with Gasteiger partial charge in [-0.25, -0.2) is 0 Å². The number of likely N-dealkylation sites (tertiary alicyclic amines) is 1. The van der Waals surface area contributed by atoms with Crippen LogP contribution >= 0.6 is 22.6 Å². The summed E-state index contributed by atoms with van der Waals surface area (Å²) in [6, 6.07) is 7.71. The zero-order valence-electron chi connectivity index (χ0n) is 13.6. The fourth-order valence-electron chi connectivity index (χ4n) is 2.76. The second-order valence-electron chi connectivity index (χ2n) is 5.94. The van der Waals surface area contributed by atoms with Crippen LogP contribution in [-0.2, 0) is 9.59 Å². The van der Waals surface area contributed by atoms with Crippen LogP contribution in [0.1, 0.15) is 44.1 Å². The van der Waals surface area contributed by atoms with Crippen LogP contribution in [0.5, 0.6) is 0 Å². The van der Waals surface area contributed by atoms with E-state index in [1.165, 1.54) is 0 Å². The van der Waals surface area contributed by atoms with Gasteiger partial charge in [0.1, 0.15) is 6.23 Å². The van der Waals surface area contributed by atoms with Crippen molar-refractivity contribution in [1.82, 2.24) is 4.90 Å². The molecule has 1 fully saturated rings. The van der Waals surface area contributed by atoms with Gasteiger partial charge in [0.15, 0.2) is 0 Å². The van der Waals surface area contributed by atoms with E-state index in [1.54, 1.807) is 6.08 Å². The van der Waals surface area contributed by atoms with Crippen molar-refractivity contribution in [3.8, 4) is 0 Å². The number of nitrogens with zero attached hydrogens (tertiary/aromatic N) is 1. The molecule has 3 N–H and O–H groups in total.